The van der Waals surface area contributed by atoms with Crippen LogP contribution in [-0.4, -0.2) is 63.3 Å². The van der Waals surface area contributed by atoms with Gasteiger partial charge in [0.05, 0.1) is 6.10 Å². The summed E-state index contributed by atoms with van der Waals surface area (Å²) in [6, 6.07) is 0.465. The van der Waals surface area contributed by atoms with E-state index in [0.717, 1.165) is 44.3 Å². The molecule has 2 atom stereocenters. The van der Waals surface area contributed by atoms with E-state index in [2.05, 4.69) is 48.3 Å². The summed E-state index contributed by atoms with van der Waals surface area (Å²) >= 11 is 0. The lowest BCUT2D eigenvalue weighted by Crippen LogP contribution is -2.65. The lowest BCUT2D eigenvalue weighted by Gasteiger charge is -2.55. The Morgan fingerprint density at radius 3 is 2.36 bits per heavy atom. The van der Waals surface area contributed by atoms with Gasteiger partial charge in [0.15, 0.2) is 5.96 Å². The zero-order chi connectivity index (χ0) is 17.6. The predicted octanol–water partition coefficient (Wildman–Crippen LogP) is 3.10. The van der Waals surface area contributed by atoms with Crippen molar-refractivity contribution in [2.75, 3.05) is 40.3 Å². The smallest absolute Gasteiger partial charge is 0.191 e. The second-order valence-corrected chi connectivity index (χ2v) is 7.52. The molecule has 2 unspecified atom stereocenters. The molecule has 1 heterocycles. The zero-order valence-electron chi connectivity index (χ0n) is 16.8. The van der Waals surface area contributed by atoms with Gasteiger partial charge in [0.1, 0.15) is 0 Å². The highest BCUT2D eigenvalue weighted by molar-refractivity contribution is 14.0. The summed E-state index contributed by atoms with van der Waals surface area (Å²) in [6.45, 7) is 10.9. The first-order valence-corrected chi connectivity index (χ1v) is 9.86. The minimum Gasteiger partial charge on any atom is -0.378 e. The molecule has 2 rings (SSSR count). The van der Waals surface area contributed by atoms with Gasteiger partial charge in [-0.1, -0.05) is 13.8 Å². The van der Waals surface area contributed by atoms with Crippen LogP contribution in [0.5, 0.6) is 0 Å². The molecule has 0 radical (unpaired) electrons. The van der Waals surface area contributed by atoms with Crippen molar-refractivity contribution >= 4 is 29.9 Å². The van der Waals surface area contributed by atoms with Crippen LogP contribution in [0.3, 0.4) is 0 Å². The molecule has 1 saturated heterocycles. The van der Waals surface area contributed by atoms with Crippen molar-refractivity contribution in [1.82, 2.24) is 15.5 Å². The van der Waals surface area contributed by atoms with Gasteiger partial charge in [-0.15, -0.1) is 24.0 Å². The monoisotopic (exact) mass is 466 g/mol. The SMILES string of the molecule is CCOC1CC(NC(=NC)NCC2CCN(C)CC2)C1(CC)CC.I. The third-order valence-corrected chi connectivity index (χ3v) is 6.40. The topological polar surface area (TPSA) is 48.9 Å². The average molecular weight is 466 g/mol. The number of ether oxygens (including phenoxy) is 1. The van der Waals surface area contributed by atoms with E-state index in [-0.39, 0.29) is 29.4 Å². The number of likely N-dealkylation sites (tertiary alicyclic amines) is 1. The fraction of sp³-hybridized carbons (Fsp3) is 0.947. The van der Waals surface area contributed by atoms with Crippen molar-refractivity contribution < 1.29 is 4.74 Å². The summed E-state index contributed by atoms with van der Waals surface area (Å²) in [5, 5.41) is 7.25. The molecule has 2 aliphatic rings. The minimum absolute atomic E-state index is 0. The Bertz CT molecular complexity index is 406. The van der Waals surface area contributed by atoms with E-state index in [4.69, 9.17) is 4.74 Å². The second kappa shape index (κ2) is 10.9. The van der Waals surface area contributed by atoms with Gasteiger partial charge in [-0.2, -0.15) is 0 Å². The Morgan fingerprint density at radius 1 is 1.20 bits per heavy atom. The highest BCUT2D eigenvalue weighted by atomic mass is 127. The van der Waals surface area contributed by atoms with E-state index >= 15 is 0 Å². The van der Waals surface area contributed by atoms with E-state index in [1.165, 1.54) is 25.9 Å². The maximum atomic E-state index is 5.98. The first-order chi connectivity index (χ1) is 11.6. The van der Waals surface area contributed by atoms with Crippen LogP contribution < -0.4 is 10.6 Å². The van der Waals surface area contributed by atoms with Crippen molar-refractivity contribution in [2.45, 2.75) is 65.0 Å². The molecule has 1 aliphatic carbocycles. The summed E-state index contributed by atoms with van der Waals surface area (Å²) in [7, 11) is 4.09. The molecule has 1 aliphatic heterocycles. The number of piperidine rings is 1. The number of guanidine groups is 1. The summed E-state index contributed by atoms with van der Waals surface area (Å²) in [6.07, 6.45) is 6.34. The van der Waals surface area contributed by atoms with Crippen LogP contribution in [-0.2, 0) is 4.74 Å². The zero-order valence-corrected chi connectivity index (χ0v) is 19.1. The third-order valence-electron chi connectivity index (χ3n) is 6.40. The molecule has 2 N–H and O–H groups in total. The minimum atomic E-state index is 0. The lowest BCUT2D eigenvalue weighted by atomic mass is 9.58. The Morgan fingerprint density at radius 2 is 1.84 bits per heavy atom. The van der Waals surface area contributed by atoms with Crippen LogP contribution in [0.25, 0.3) is 0 Å². The van der Waals surface area contributed by atoms with Crippen LogP contribution in [0.15, 0.2) is 4.99 Å². The van der Waals surface area contributed by atoms with Crippen LogP contribution in [0.1, 0.15) is 52.9 Å². The predicted molar refractivity (Wildman–Crippen MR) is 117 cm³/mol. The van der Waals surface area contributed by atoms with E-state index in [9.17, 15) is 0 Å². The molecule has 2 fully saturated rings. The van der Waals surface area contributed by atoms with E-state index in [1.54, 1.807) is 0 Å². The molecule has 0 aromatic rings. The summed E-state index contributed by atoms with van der Waals surface area (Å²) < 4.78 is 5.98. The number of hydrogen-bond donors (Lipinski definition) is 2. The molecule has 6 heteroatoms. The van der Waals surface area contributed by atoms with Gasteiger partial charge in [0.25, 0.3) is 0 Å². The summed E-state index contributed by atoms with van der Waals surface area (Å²) in [4.78, 5) is 6.88. The van der Waals surface area contributed by atoms with Gasteiger partial charge in [-0.25, -0.2) is 0 Å². The van der Waals surface area contributed by atoms with Crippen LogP contribution in [0.4, 0.5) is 0 Å². The Kier molecular flexibility index (Phi) is 10.0. The number of nitrogens with zero attached hydrogens (tertiary/aromatic N) is 2. The van der Waals surface area contributed by atoms with Crippen molar-refractivity contribution in [1.29, 1.82) is 0 Å². The molecule has 25 heavy (non-hydrogen) atoms. The molecular weight excluding hydrogens is 427 g/mol. The normalized spacial score (nSPS) is 27.3. The molecule has 5 nitrogen and oxygen atoms in total. The standard InChI is InChI=1S/C19H38N4O.HI/c1-6-19(7-2)16(13-17(19)24-8-3)22-18(20-4)21-14-15-9-11-23(5)12-10-15;/h15-17H,6-14H2,1-5H3,(H2,20,21,22);1H. The fourth-order valence-electron chi connectivity index (χ4n) is 4.45. The Balaban J connectivity index is 0.00000312. The summed E-state index contributed by atoms with van der Waals surface area (Å²) in [5.74, 6) is 1.72. The van der Waals surface area contributed by atoms with Gasteiger partial charge in [0.2, 0.25) is 0 Å². The summed E-state index contributed by atoms with van der Waals surface area (Å²) in [5.41, 5.74) is 0.251. The maximum absolute atomic E-state index is 5.98. The van der Waals surface area contributed by atoms with Gasteiger partial charge < -0.3 is 20.3 Å². The first-order valence-electron chi connectivity index (χ1n) is 9.86. The van der Waals surface area contributed by atoms with Crippen molar-refractivity contribution in [3.63, 3.8) is 0 Å². The van der Waals surface area contributed by atoms with Crippen molar-refractivity contribution in [3.8, 4) is 0 Å². The maximum Gasteiger partial charge on any atom is 0.191 e. The fourth-order valence-corrected chi connectivity index (χ4v) is 4.45. The molecular formula is C19H39IN4O. The molecule has 0 amide bonds. The van der Waals surface area contributed by atoms with Gasteiger partial charge in [-0.3, -0.25) is 4.99 Å². The molecule has 0 spiro atoms. The number of hydrogen-bond acceptors (Lipinski definition) is 3. The van der Waals surface area contributed by atoms with Gasteiger partial charge in [-0.05, 0) is 65.1 Å². The largest absolute Gasteiger partial charge is 0.378 e. The number of rotatable bonds is 7. The molecule has 148 valence electrons. The highest BCUT2D eigenvalue weighted by Crippen LogP contribution is 2.48. The van der Waals surface area contributed by atoms with Gasteiger partial charge >= 0.3 is 0 Å². The highest BCUT2D eigenvalue weighted by Gasteiger charge is 2.53. The van der Waals surface area contributed by atoms with E-state index in [0.29, 0.717) is 12.1 Å². The molecule has 1 saturated carbocycles. The van der Waals surface area contributed by atoms with E-state index < -0.39 is 0 Å². The molecule has 0 bridgehead atoms. The molecule has 0 aromatic heterocycles. The van der Waals surface area contributed by atoms with Crippen LogP contribution >= 0.6 is 24.0 Å². The Hall–Kier alpha value is -0.0800. The molecule has 0 aromatic carbocycles. The van der Waals surface area contributed by atoms with Gasteiger partial charge in [0, 0.05) is 31.7 Å². The average Bonchev–Trinajstić information content (AvgIpc) is 2.59. The van der Waals surface area contributed by atoms with Crippen LogP contribution in [0.2, 0.25) is 0 Å². The van der Waals surface area contributed by atoms with Crippen molar-refractivity contribution in [3.05, 3.63) is 0 Å². The number of nitrogens with one attached hydrogen (secondary N) is 2. The number of halogens is 1. The van der Waals surface area contributed by atoms with E-state index in [1.807, 2.05) is 7.05 Å². The first kappa shape index (κ1) is 23.0. The van der Waals surface area contributed by atoms with Crippen LogP contribution in [0, 0.1) is 11.3 Å². The lowest BCUT2D eigenvalue weighted by molar-refractivity contribution is -0.133. The van der Waals surface area contributed by atoms with Crippen molar-refractivity contribution in [2.24, 2.45) is 16.3 Å². The third kappa shape index (κ3) is 5.45. The second-order valence-electron chi connectivity index (χ2n) is 7.52. The number of aliphatic imine (C=N–C) groups is 1. The Labute approximate surface area is 171 Å². The quantitative estimate of drug-likeness (QED) is 0.344.